The summed E-state index contributed by atoms with van der Waals surface area (Å²) in [5.74, 6) is -0.821. The fourth-order valence-corrected chi connectivity index (χ4v) is 4.24. The Kier molecular flexibility index (Phi) is 8.48. The molecule has 7 atom stereocenters. The van der Waals surface area contributed by atoms with E-state index < -0.39 is 49.0 Å². The van der Waals surface area contributed by atoms with Crippen LogP contribution in [0.4, 0.5) is 0 Å². The van der Waals surface area contributed by atoms with Gasteiger partial charge in [0.25, 0.3) is 0 Å². The molecule has 2 heterocycles. The topological polar surface area (TPSA) is 102 Å². The van der Waals surface area contributed by atoms with Gasteiger partial charge >= 0.3 is 5.97 Å². The highest BCUT2D eigenvalue weighted by Gasteiger charge is 2.52. The number of rotatable bonds is 8. The minimum Gasteiger partial charge on any atom is -0.459 e. The van der Waals surface area contributed by atoms with Crippen molar-refractivity contribution in [2.24, 2.45) is 0 Å². The van der Waals surface area contributed by atoms with Crippen molar-refractivity contribution >= 4 is 11.9 Å². The van der Waals surface area contributed by atoms with Gasteiger partial charge in [0.1, 0.15) is 31.0 Å². The molecule has 9 heteroatoms. The molecule has 0 spiro atoms. The van der Waals surface area contributed by atoms with E-state index >= 15 is 0 Å². The molecule has 2 saturated heterocycles. The Balaban J connectivity index is 1.52. The third-order valence-corrected chi connectivity index (χ3v) is 5.93. The normalized spacial score (nSPS) is 29.0. The maximum absolute atomic E-state index is 12.8. The third-order valence-electron chi connectivity index (χ3n) is 5.93. The number of carbonyl (C=O) groups is 2. The van der Waals surface area contributed by atoms with Crippen LogP contribution in [0.5, 0.6) is 0 Å². The van der Waals surface area contributed by atoms with Crippen LogP contribution in [0.2, 0.25) is 0 Å². The summed E-state index contributed by atoms with van der Waals surface area (Å²) in [6, 6.07) is 18.2. The zero-order valence-electron chi connectivity index (χ0n) is 20.0. The van der Waals surface area contributed by atoms with E-state index in [2.05, 4.69) is 5.32 Å². The number of esters is 1. The van der Waals surface area contributed by atoms with Gasteiger partial charge in [-0.3, -0.25) is 4.79 Å². The van der Waals surface area contributed by atoms with E-state index in [0.29, 0.717) is 0 Å². The largest absolute Gasteiger partial charge is 0.459 e. The molecule has 0 aromatic heterocycles. The van der Waals surface area contributed by atoms with Gasteiger partial charge in [0.2, 0.25) is 5.91 Å². The Morgan fingerprint density at radius 1 is 1.06 bits per heavy atom. The molecule has 0 bridgehead atoms. The lowest BCUT2D eigenvalue weighted by atomic mass is 9.95. The number of carbonyl (C=O) groups excluding carboxylic acids is 2. The molecular formula is C26H31NO8. The number of ether oxygens (including phenoxy) is 6. The molecule has 9 nitrogen and oxygen atoms in total. The zero-order chi connectivity index (χ0) is 24.8. The number of hydrogen-bond acceptors (Lipinski definition) is 8. The number of hydrogen-bond donors (Lipinski definition) is 1. The highest BCUT2D eigenvalue weighted by Crippen LogP contribution is 2.36. The Hall–Kier alpha value is -2.82. The van der Waals surface area contributed by atoms with Crippen molar-refractivity contribution < 1.29 is 38.0 Å². The molecule has 4 rings (SSSR count). The van der Waals surface area contributed by atoms with Gasteiger partial charge in [-0.05, 0) is 12.5 Å². The summed E-state index contributed by atoms with van der Waals surface area (Å²) in [5.41, 5.74) is 1.71. The summed E-state index contributed by atoms with van der Waals surface area (Å²) < 4.78 is 35.4. The Bertz CT molecular complexity index is 972. The van der Waals surface area contributed by atoms with Crippen LogP contribution in [-0.4, -0.2) is 62.3 Å². The molecule has 2 aromatic rings. The van der Waals surface area contributed by atoms with Crippen molar-refractivity contribution in [1.29, 1.82) is 0 Å². The second-order valence-electron chi connectivity index (χ2n) is 8.52. The van der Waals surface area contributed by atoms with Gasteiger partial charge in [-0.1, -0.05) is 60.7 Å². The second-order valence-corrected chi connectivity index (χ2v) is 8.52. The molecule has 7 unspecified atom stereocenters. The Morgan fingerprint density at radius 3 is 2.40 bits per heavy atom. The highest BCUT2D eigenvalue weighted by molar-refractivity contribution is 5.74. The SMILES string of the molecule is COC1OC2COC(c3ccccc3)OC2C(OC(C)C(=O)OCc2ccccc2)C1NC(C)=O. The Morgan fingerprint density at radius 2 is 1.74 bits per heavy atom. The molecular weight excluding hydrogens is 454 g/mol. The predicted molar refractivity (Wildman–Crippen MR) is 124 cm³/mol. The molecule has 2 aliphatic heterocycles. The van der Waals surface area contributed by atoms with Crippen molar-refractivity contribution in [3.8, 4) is 0 Å². The minimum absolute atomic E-state index is 0.128. The van der Waals surface area contributed by atoms with Crippen molar-refractivity contribution in [1.82, 2.24) is 5.32 Å². The van der Waals surface area contributed by atoms with Gasteiger partial charge in [-0.15, -0.1) is 0 Å². The molecule has 188 valence electrons. The van der Waals surface area contributed by atoms with Crippen LogP contribution in [0.15, 0.2) is 60.7 Å². The number of amides is 1. The van der Waals surface area contributed by atoms with Gasteiger partial charge in [0.15, 0.2) is 18.7 Å². The summed E-state index contributed by atoms with van der Waals surface area (Å²) in [7, 11) is 1.48. The maximum atomic E-state index is 12.8. The van der Waals surface area contributed by atoms with Crippen LogP contribution in [0, 0.1) is 0 Å². The van der Waals surface area contributed by atoms with E-state index in [9.17, 15) is 9.59 Å². The predicted octanol–water partition coefficient (Wildman–Crippen LogP) is 2.49. The summed E-state index contributed by atoms with van der Waals surface area (Å²) in [6.45, 7) is 3.36. The van der Waals surface area contributed by atoms with Crippen LogP contribution in [0.25, 0.3) is 0 Å². The van der Waals surface area contributed by atoms with Crippen molar-refractivity contribution in [3.63, 3.8) is 0 Å². The van der Waals surface area contributed by atoms with Gasteiger partial charge < -0.3 is 33.7 Å². The van der Waals surface area contributed by atoms with E-state index in [1.807, 2.05) is 60.7 Å². The van der Waals surface area contributed by atoms with Crippen molar-refractivity contribution in [2.45, 2.75) is 63.5 Å². The van der Waals surface area contributed by atoms with Gasteiger partial charge in [0.05, 0.1) is 6.61 Å². The molecule has 35 heavy (non-hydrogen) atoms. The average Bonchev–Trinajstić information content (AvgIpc) is 2.88. The summed E-state index contributed by atoms with van der Waals surface area (Å²) in [5, 5.41) is 2.84. The molecule has 2 aliphatic rings. The molecule has 1 N–H and O–H groups in total. The van der Waals surface area contributed by atoms with Crippen LogP contribution >= 0.6 is 0 Å². The molecule has 2 fully saturated rings. The van der Waals surface area contributed by atoms with Crippen molar-refractivity contribution in [2.75, 3.05) is 13.7 Å². The van der Waals surface area contributed by atoms with Gasteiger partial charge in [0, 0.05) is 19.6 Å². The van der Waals surface area contributed by atoms with E-state index in [1.165, 1.54) is 14.0 Å². The fourth-order valence-electron chi connectivity index (χ4n) is 4.24. The number of fused-ring (bicyclic) bond motifs is 1. The quantitative estimate of drug-likeness (QED) is 0.569. The zero-order valence-corrected chi connectivity index (χ0v) is 20.0. The molecule has 0 radical (unpaired) electrons. The van der Waals surface area contributed by atoms with E-state index in [0.717, 1.165) is 11.1 Å². The van der Waals surface area contributed by atoms with Crippen LogP contribution in [0.3, 0.4) is 0 Å². The fraction of sp³-hybridized carbons (Fsp3) is 0.462. The minimum atomic E-state index is -0.933. The monoisotopic (exact) mass is 485 g/mol. The smallest absolute Gasteiger partial charge is 0.335 e. The average molecular weight is 486 g/mol. The maximum Gasteiger partial charge on any atom is 0.335 e. The summed E-state index contributed by atoms with van der Waals surface area (Å²) in [6.07, 6.45) is -4.33. The first kappa shape index (κ1) is 25.3. The van der Waals surface area contributed by atoms with Gasteiger partial charge in [-0.25, -0.2) is 4.79 Å². The molecule has 2 aromatic carbocycles. The van der Waals surface area contributed by atoms with E-state index in [4.69, 9.17) is 28.4 Å². The lowest BCUT2D eigenvalue weighted by molar-refractivity contribution is -0.347. The van der Waals surface area contributed by atoms with Gasteiger partial charge in [-0.2, -0.15) is 0 Å². The molecule has 1 amide bonds. The summed E-state index contributed by atoms with van der Waals surface area (Å²) >= 11 is 0. The van der Waals surface area contributed by atoms with Crippen molar-refractivity contribution in [3.05, 3.63) is 71.8 Å². The van der Waals surface area contributed by atoms with Crippen LogP contribution < -0.4 is 5.32 Å². The lowest BCUT2D eigenvalue weighted by Gasteiger charge is -2.49. The summed E-state index contributed by atoms with van der Waals surface area (Å²) in [4.78, 5) is 24.8. The first-order valence-corrected chi connectivity index (χ1v) is 11.6. The van der Waals surface area contributed by atoms with E-state index in [-0.39, 0.29) is 19.1 Å². The standard InChI is InChI=1S/C26H31NO8/c1-16(24(29)31-14-18-10-6-4-7-11-18)33-23-21(27-17(2)28)26(30-3)34-20-15-32-25(35-22(20)23)19-12-8-5-9-13-19/h4-13,16,20-23,25-26H,14-15H2,1-3H3,(H,27,28). The number of nitrogens with one attached hydrogen (secondary N) is 1. The second kappa shape index (κ2) is 11.7. The third kappa shape index (κ3) is 6.25. The lowest BCUT2D eigenvalue weighted by Crippen LogP contribution is -2.67. The van der Waals surface area contributed by atoms with Crippen LogP contribution in [0.1, 0.15) is 31.3 Å². The van der Waals surface area contributed by atoms with Crippen LogP contribution in [-0.2, 0) is 44.6 Å². The molecule has 0 saturated carbocycles. The molecule has 0 aliphatic carbocycles. The van der Waals surface area contributed by atoms with E-state index in [1.54, 1.807) is 6.92 Å². The number of methoxy groups -OCH3 is 1. The highest BCUT2D eigenvalue weighted by atomic mass is 16.7. The Labute approximate surface area is 204 Å². The first-order chi connectivity index (χ1) is 17.0. The first-order valence-electron chi connectivity index (χ1n) is 11.6. The number of benzene rings is 2.